The Labute approximate surface area is 528 Å². The molecule has 2 aromatic carbocycles. The third-order valence-electron chi connectivity index (χ3n) is 12.2. The Kier molecular flexibility index (Phi) is 24.3. The highest BCUT2D eigenvalue weighted by molar-refractivity contribution is 8.75. The highest BCUT2D eigenvalue weighted by atomic mass is 35.5. The van der Waals surface area contributed by atoms with E-state index in [9.17, 15) is 0 Å². The first-order chi connectivity index (χ1) is 38.9. The van der Waals surface area contributed by atoms with Crippen LogP contribution in [-0.4, -0.2) is 74.0 Å². The van der Waals surface area contributed by atoms with Gasteiger partial charge in [0.2, 0.25) is 0 Å². The Balaban J connectivity index is 0.000000196. The minimum atomic E-state index is -0.0650. The van der Waals surface area contributed by atoms with Crippen molar-refractivity contribution in [3.63, 3.8) is 0 Å². The summed E-state index contributed by atoms with van der Waals surface area (Å²) >= 11 is 15.7. The first-order valence-electron chi connectivity index (χ1n) is 24.6. The van der Waals surface area contributed by atoms with Gasteiger partial charge in [-0.15, -0.1) is 0 Å². The molecule has 31 heteroatoms. The molecule has 0 atom stereocenters. The van der Waals surface area contributed by atoms with Crippen molar-refractivity contribution < 1.29 is 18.5 Å². The molecule has 17 nitrogen and oxygen atoms in total. The van der Waals surface area contributed by atoms with Crippen LogP contribution in [0.15, 0.2) is 45.7 Å². The van der Waals surface area contributed by atoms with E-state index >= 15 is 0 Å². The van der Waals surface area contributed by atoms with E-state index in [0.29, 0.717) is 23.0 Å². The lowest BCUT2D eigenvalue weighted by Crippen LogP contribution is -2.15. The third-order valence-corrected chi connectivity index (χ3v) is 34.7. The molecule has 0 aliphatic heterocycles. The van der Waals surface area contributed by atoms with Crippen LogP contribution >= 0.6 is 11.6 Å². The quantitative estimate of drug-likeness (QED) is 0.132. The van der Waals surface area contributed by atoms with Crippen LogP contribution in [0, 0.1) is 41.5 Å². The maximum absolute atomic E-state index is 6.33. The molecule has 0 fully saturated rings. The Morgan fingerprint density at radius 3 is 1.42 bits per heavy atom. The van der Waals surface area contributed by atoms with Gasteiger partial charge in [-0.05, 0) is 71.4 Å². The predicted octanol–water partition coefficient (Wildman–Crippen LogP) is 11.6. The lowest BCUT2D eigenvalue weighted by atomic mass is 9.88. The van der Waals surface area contributed by atoms with Crippen molar-refractivity contribution in [1.29, 1.82) is 0 Å². The Hall–Kier alpha value is -4.41. The number of hydrogen-bond donors (Lipinski definition) is 3. The van der Waals surface area contributed by atoms with Gasteiger partial charge in [-0.3, -0.25) is 9.36 Å². The highest BCUT2D eigenvalue weighted by Crippen LogP contribution is 2.42. The molecule has 83 heavy (non-hydrogen) atoms. The minimum Gasteiger partial charge on any atom is -0.496 e. The highest BCUT2D eigenvalue weighted by Gasteiger charge is 2.26. The van der Waals surface area contributed by atoms with Crippen molar-refractivity contribution in [3.8, 4) is 33.8 Å². The van der Waals surface area contributed by atoms with E-state index in [1.807, 2.05) is 78.6 Å². The van der Waals surface area contributed by atoms with Gasteiger partial charge in [0, 0.05) is 202 Å². The van der Waals surface area contributed by atoms with Gasteiger partial charge in [-0.25, -0.2) is 19.9 Å². The van der Waals surface area contributed by atoms with Gasteiger partial charge in [0.05, 0.1) is 64.9 Å². The van der Waals surface area contributed by atoms with Gasteiger partial charge in [-0.1, -0.05) is 70.9 Å². The van der Waals surface area contributed by atoms with E-state index in [0.717, 1.165) is 123 Å². The predicted molar refractivity (Wildman–Crippen MR) is 374 cm³/mol. The molecule has 0 amide bonds. The molecule has 0 aliphatic rings. The first kappa shape index (κ1) is 67.7. The SMILES string of the molecule is C.COc1cc2c(cc1-c1c(C)noc1C)[nH]c1nc(C)nc(Cc3cn(C)nc3C(C)(C)C)c12.COc1cc2c(cc1-c1c(C)noc1C)[nH]c1nc(C)nc(Cl)c12.Cn1cc(N)c(C(C)(C)C)n1.S=S=S=S=S=S=S=S=S=S=S=S=S. The van der Waals surface area contributed by atoms with Crippen molar-refractivity contribution in [3.05, 3.63) is 99.0 Å². The van der Waals surface area contributed by atoms with Gasteiger partial charge in [0.15, 0.2) is 0 Å². The van der Waals surface area contributed by atoms with Crippen molar-refractivity contribution in [2.45, 2.75) is 108 Å². The zero-order chi connectivity index (χ0) is 59.8. The van der Waals surface area contributed by atoms with Crippen LogP contribution in [0.5, 0.6) is 11.5 Å². The summed E-state index contributed by atoms with van der Waals surface area (Å²) in [6, 6.07) is 8.10. The average Bonchev–Trinajstić information content (AvgIpc) is 2.28. The average molecular weight is 1390 g/mol. The normalized spacial score (nSPS) is 11.0. The molecule has 0 unspecified atom stereocenters. The fourth-order valence-electron chi connectivity index (χ4n) is 9.17. The number of rotatable bonds is 6. The first-order valence-corrected chi connectivity index (χ1v) is 40.9. The molecule has 0 saturated carbocycles. The number of benzene rings is 2. The van der Waals surface area contributed by atoms with Gasteiger partial charge >= 0.3 is 0 Å². The fraction of sp³-hybridized carbons (Fsp3) is 0.385. The molecule has 4 N–H and O–H groups in total. The number of nitrogens with one attached hydrogen (secondary N) is 2. The molecule has 0 saturated heterocycles. The van der Waals surface area contributed by atoms with E-state index in [-0.39, 0.29) is 18.3 Å². The summed E-state index contributed by atoms with van der Waals surface area (Å²) in [4.78, 5) is 25.1. The topological polar surface area (TPSA) is 215 Å². The molecule has 8 aromatic heterocycles. The number of anilines is 1. The number of methoxy groups -OCH3 is 2. The Bertz CT molecular complexity index is 4490. The molecule has 0 spiro atoms. The van der Waals surface area contributed by atoms with Crippen LogP contribution in [0.4, 0.5) is 5.69 Å². The second-order valence-corrected chi connectivity index (χ2v) is 40.1. The number of nitrogens with zero attached hydrogens (tertiary/aromatic N) is 10. The molecule has 0 aliphatic carbocycles. The van der Waals surface area contributed by atoms with Crippen molar-refractivity contribution in [1.82, 2.24) is 59.8 Å². The van der Waals surface area contributed by atoms with E-state index in [4.69, 9.17) is 73.3 Å². The number of ether oxygens (including phenoxy) is 2. The zero-order valence-electron chi connectivity index (χ0n) is 47.5. The number of aromatic amines is 2. The molecular formula is C52H64ClN13O4S13. The summed E-state index contributed by atoms with van der Waals surface area (Å²) in [7, 11) is 25.3. The molecule has 0 radical (unpaired) electrons. The number of aromatic nitrogens is 12. The third kappa shape index (κ3) is 16.6. The lowest BCUT2D eigenvalue weighted by molar-refractivity contribution is 0.393. The van der Waals surface area contributed by atoms with Gasteiger partial charge in [0.1, 0.15) is 51.1 Å². The van der Waals surface area contributed by atoms with Crippen LogP contribution in [0.3, 0.4) is 0 Å². The number of aryl methyl sites for hydroxylation is 8. The van der Waals surface area contributed by atoms with Crippen LogP contribution in [0.1, 0.15) is 106 Å². The molecule has 10 aromatic rings. The lowest BCUT2D eigenvalue weighted by Gasteiger charge is -2.17. The van der Waals surface area contributed by atoms with Crippen LogP contribution in [0.2, 0.25) is 5.15 Å². The van der Waals surface area contributed by atoms with Crippen LogP contribution < -0.4 is 15.2 Å². The number of nitrogen functional groups attached to an aromatic ring is 1. The number of fused-ring (bicyclic) bond motifs is 6. The molecule has 446 valence electrons. The van der Waals surface area contributed by atoms with Crippen LogP contribution in [-0.2, 0) is 151 Å². The molecule has 10 rings (SSSR count). The summed E-state index contributed by atoms with van der Waals surface area (Å²) in [5.41, 5.74) is 19.5. The van der Waals surface area contributed by atoms with Crippen LogP contribution in [0.25, 0.3) is 66.1 Å². The Morgan fingerprint density at radius 2 is 1.02 bits per heavy atom. The smallest absolute Gasteiger partial charge is 0.143 e. The van der Waals surface area contributed by atoms with E-state index in [2.05, 4.69) is 95.2 Å². The van der Waals surface area contributed by atoms with Crippen molar-refractivity contribution >= 4 is 181 Å². The molecule has 8 heterocycles. The maximum Gasteiger partial charge on any atom is 0.143 e. The van der Waals surface area contributed by atoms with E-state index < -0.39 is 0 Å². The largest absolute Gasteiger partial charge is 0.496 e. The standard InChI is InChI=1S/C26H30N6O2.C17H15ClN4O2.C8H15N3.CH4.S13/c1-13-22(14(2)34-31-13)18-10-19-17(11-21(18)33-8)23-20(27-15(3)28-25(23)29-19)9-16-12-32(7)30-24(16)26(4,5)6;1-7-14(8(2)24-22-7)11-5-12-10(6-13(11)23-4)15-16(18)19-9(3)20-17(15)21-12;1-8(2,3)7-6(9)5-11(4)10-7;;1-3-5-7-9-11-13-12-10-8-6-4-2/h10-12H,9H2,1-8H3,(H,27,28,29);5-6H,1-4H3,(H,19,20,21);5H,9H2,1-4H3;1H4;. The monoisotopic (exact) mass is 1390 g/mol. The summed E-state index contributed by atoms with van der Waals surface area (Å²) in [6.45, 7) is 24.3. The van der Waals surface area contributed by atoms with Gasteiger partial charge < -0.3 is 34.2 Å². The number of H-pyrrole nitrogens is 2. The number of nitrogens with two attached hydrogens (primary N) is 1. The summed E-state index contributed by atoms with van der Waals surface area (Å²) in [6.07, 6.45) is 4.59. The summed E-state index contributed by atoms with van der Waals surface area (Å²) < 4.78 is 25.8. The number of halogens is 1. The second kappa shape index (κ2) is 29.8. The molecular weight excluding hydrogens is 1320 g/mol. The van der Waals surface area contributed by atoms with E-state index in [1.165, 1.54) is 23.3 Å². The fourth-order valence-corrected chi connectivity index (χ4v) is 34.2. The second-order valence-electron chi connectivity index (χ2n) is 20.3. The summed E-state index contributed by atoms with van der Waals surface area (Å²) in [5, 5.41) is 21.3. The maximum atomic E-state index is 6.33. The molecule has 0 bridgehead atoms. The van der Waals surface area contributed by atoms with Gasteiger partial charge in [0.25, 0.3) is 0 Å². The Morgan fingerprint density at radius 1 is 0.602 bits per heavy atom. The van der Waals surface area contributed by atoms with Gasteiger partial charge in [-0.2, -0.15) is 10.2 Å². The van der Waals surface area contributed by atoms with Crippen molar-refractivity contribution in [2.75, 3.05) is 20.0 Å². The zero-order valence-corrected chi connectivity index (χ0v) is 58.9. The minimum absolute atomic E-state index is 0. The van der Waals surface area contributed by atoms with Crippen molar-refractivity contribution in [2.24, 2.45) is 14.1 Å². The summed E-state index contributed by atoms with van der Waals surface area (Å²) in [5.74, 6) is 4.33. The van der Waals surface area contributed by atoms with E-state index in [1.54, 1.807) is 98.8 Å². The number of hydrogen-bond acceptors (Lipinski definition) is 15.